The van der Waals surface area contributed by atoms with E-state index in [2.05, 4.69) is 21.2 Å². The van der Waals surface area contributed by atoms with E-state index < -0.39 is 34.9 Å². The number of phenolic OH excluding ortho intramolecular Hbond substituents is 1. The lowest BCUT2D eigenvalue weighted by Crippen LogP contribution is -2.51. The molecule has 1 saturated heterocycles. The van der Waals surface area contributed by atoms with Crippen LogP contribution in [0.15, 0.2) is 16.6 Å². The Labute approximate surface area is 139 Å². The van der Waals surface area contributed by atoms with Crippen molar-refractivity contribution in [2.45, 2.75) is 12.0 Å². The number of hydrogen-bond donors (Lipinski definition) is 3. The van der Waals surface area contributed by atoms with Crippen LogP contribution in [0, 0.1) is 10.1 Å². The smallest absolute Gasteiger partial charge is 0.290 e. The van der Waals surface area contributed by atoms with Crippen molar-refractivity contribution in [3.63, 3.8) is 0 Å². The Balaban J connectivity index is 2.56. The van der Waals surface area contributed by atoms with Gasteiger partial charge in [-0.15, -0.1) is 0 Å². The zero-order chi connectivity index (χ0) is 17.2. The number of hydrogen-bond acceptors (Lipinski definition) is 6. The van der Waals surface area contributed by atoms with Crippen LogP contribution >= 0.6 is 15.9 Å². The van der Waals surface area contributed by atoms with Gasteiger partial charge < -0.3 is 15.5 Å². The quantitative estimate of drug-likeness (QED) is 0.517. The van der Waals surface area contributed by atoms with Gasteiger partial charge in [-0.2, -0.15) is 0 Å². The molecule has 10 heteroatoms. The van der Waals surface area contributed by atoms with Gasteiger partial charge in [-0.3, -0.25) is 15.0 Å². The number of aliphatic hydroxyl groups excluding tert-OH is 1. The van der Waals surface area contributed by atoms with Crippen molar-refractivity contribution in [2.24, 2.45) is 0 Å². The van der Waals surface area contributed by atoms with Gasteiger partial charge in [0.2, 0.25) is 0 Å². The summed E-state index contributed by atoms with van der Waals surface area (Å²) in [5.41, 5.74) is -0.703. The number of phenols is 1. The van der Waals surface area contributed by atoms with Crippen LogP contribution in [0.5, 0.6) is 5.75 Å². The normalized spacial score (nSPS) is 17.9. The highest BCUT2D eigenvalue weighted by Gasteiger charge is 2.46. The van der Waals surface area contributed by atoms with Crippen molar-refractivity contribution in [3.8, 4) is 5.75 Å². The van der Waals surface area contributed by atoms with Crippen LogP contribution in [0.3, 0.4) is 0 Å². The van der Waals surface area contributed by atoms with Gasteiger partial charge >= 0.3 is 0 Å². The minimum absolute atomic E-state index is 0.0458. The number of non-ortho nitro benzene ring substituents is 1. The minimum atomic E-state index is -3.57. The molecule has 1 aromatic rings. The molecule has 3 N–H and O–H groups in total. The highest BCUT2D eigenvalue weighted by Crippen LogP contribution is 2.44. The summed E-state index contributed by atoms with van der Waals surface area (Å²) >= 11 is 2.95. The molecular formula is C13H16BrF2N3O4. The fourth-order valence-electron chi connectivity index (χ4n) is 2.64. The molecule has 1 aromatic carbocycles. The number of nitrogens with one attached hydrogen (secondary N) is 1. The SMILES string of the molecule is O=[N+]([O-])c1cc(Br)c(O)c([C@H](N2CCNCC2)C(F)(F)CO)c1. The molecule has 7 nitrogen and oxygen atoms in total. The Morgan fingerprint density at radius 1 is 1.43 bits per heavy atom. The van der Waals surface area contributed by atoms with Crippen molar-refractivity contribution in [1.29, 1.82) is 0 Å². The molecule has 0 aromatic heterocycles. The van der Waals surface area contributed by atoms with E-state index in [0.717, 1.165) is 12.1 Å². The summed E-state index contributed by atoms with van der Waals surface area (Å²) in [6.07, 6.45) is 0. The van der Waals surface area contributed by atoms with Gasteiger partial charge in [0, 0.05) is 43.9 Å². The molecule has 1 aliphatic rings. The van der Waals surface area contributed by atoms with Crippen LogP contribution in [0.25, 0.3) is 0 Å². The summed E-state index contributed by atoms with van der Waals surface area (Å²) in [4.78, 5) is 11.7. The predicted molar refractivity (Wildman–Crippen MR) is 81.7 cm³/mol. The summed E-state index contributed by atoms with van der Waals surface area (Å²) in [5, 5.41) is 33.2. The summed E-state index contributed by atoms with van der Waals surface area (Å²) in [5.74, 6) is -4.06. The zero-order valence-corrected chi connectivity index (χ0v) is 13.6. The molecule has 0 aliphatic carbocycles. The second kappa shape index (κ2) is 7.04. The average molecular weight is 396 g/mol. The highest BCUT2D eigenvalue weighted by atomic mass is 79.9. The van der Waals surface area contributed by atoms with Crippen molar-refractivity contribution in [3.05, 3.63) is 32.3 Å². The van der Waals surface area contributed by atoms with Gasteiger partial charge in [0.15, 0.2) is 0 Å². The fraction of sp³-hybridized carbons (Fsp3) is 0.538. The van der Waals surface area contributed by atoms with Crippen molar-refractivity contribution in [2.75, 3.05) is 32.8 Å². The van der Waals surface area contributed by atoms with Crippen LogP contribution in [-0.2, 0) is 0 Å². The number of nitrogens with zero attached hydrogens (tertiary/aromatic N) is 2. The average Bonchev–Trinajstić information content (AvgIpc) is 2.52. The molecule has 0 saturated carbocycles. The number of nitro benzene ring substituents is 1. The van der Waals surface area contributed by atoms with E-state index in [1.54, 1.807) is 0 Å². The molecule has 1 heterocycles. The molecule has 1 atom stereocenters. The van der Waals surface area contributed by atoms with Gasteiger partial charge in [-0.25, -0.2) is 8.78 Å². The number of piperazine rings is 1. The first kappa shape index (κ1) is 18.0. The van der Waals surface area contributed by atoms with Crippen LogP contribution in [0.1, 0.15) is 11.6 Å². The van der Waals surface area contributed by atoms with E-state index in [9.17, 15) is 24.0 Å². The fourth-order valence-corrected chi connectivity index (χ4v) is 3.10. The summed E-state index contributed by atoms with van der Waals surface area (Å²) in [6.45, 7) is 0.0328. The monoisotopic (exact) mass is 395 g/mol. The van der Waals surface area contributed by atoms with E-state index in [4.69, 9.17) is 5.11 Å². The van der Waals surface area contributed by atoms with Gasteiger partial charge in [-0.1, -0.05) is 0 Å². The van der Waals surface area contributed by atoms with E-state index in [-0.39, 0.29) is 23.1 Å². The van der Waals surface area contributed by atoms with E-state index in [1.807, 2.05) is 0 Å². The molecule has 0 amide bonds. The van der Waals surface area contributed by atoms with E-state index >= 15 is 0 Å². The molecule has 2 rings (SSSR count). The molecule has 128 valence electrons. The number of benzene rings is 1. The summed E-state index contributed by atoms with van der Waals surface area (Å²) < 4.78 is 28.6. The second-order valence-corrected chi connectivity index (χ2v) is 6.08. The molecule has 0 radical (unpaired) electrons. The maximum atomic E-state index is 14.3. The standard InChI is InChI=1S/C13H16BrF2N3O4/c14-10-6-8(19(22)23)5-9(11(10)21)12(13(15,16)7-20)18-3-1-17-2-4-18/h5-6,12,17,20-21H,1-4,7H2/t12-/m0/s1. The van der Waals surface area contributed by atoms with E-state index in [0.29, 0.717) is 13.1 Å². The largest absolute Gasteiger partial charge is 0.506 e. The van der Waals surface area contributed by atoms with Gasteiger partial charge in [0.05, 0.1) is 9.40 Å². The molecule has 0 bridgehead atoms. The Hall–Kier alpha value is -1.36. The maximum absolute atomic E-state index is 14.3. The molecule has 1 fully saturated rings. The molecule has 1 aliphatic heterocycles. The number of alkyl halides is 2. The third-order valence-corrected chi connectivity index (χ3v) is 4.32. The number of aliphatic hydroxyl groups is 1. The first-order chi connectivity index (χ1) is 10.8. The van der Waals surface area contributed by atoms with E-state index in [1.165, 1.54) is 4.90 Å². The third kappa shape index (κ3) is 3.77. The predicted octanol–water partition coefficient (Wildman–Crippen LogP) is 1.64. The second-order valence-electron chi connectivity index (χ2n) is 5.23. The molecular weight excluding hydrogens is 380 g/mol. The number of halogens is 3. The Morgan fingerprint density at radius 3 is 2.57 bits per heavy atom. The lowest BCUT2D eigenvalue weighted by molar-refractivity contribution is -0.385. The van der Waals surface area contributed by atoms with Crippen molar-refractivity contribution < 1.29 is 23.9 Å². The Bertz CT molecular complexity index is 597. The first-order valence-electron chi connectivity index (χ1n) is 6.88. The lowest BCUT2D eigenvalue weighted by Gasteiger charge is -2.38. The maximum Gasteiger partial charge on any atom is 0.290 e. The Kier molecular flexibility index (Phi) is 5.50. The molecule has 0 unspecified atom stereocenters. The number of aromatic hydroxyl groups is 1. The van der Waals surface area contributed by atoms with Gasteiger partial charge in [0.25, 0.3) is 11.6 Å². The number of nitro groups is 1. The van der Waals surface area contributed by atoms with Crippen molar-refractivity contribution >= 4 is 21.6 Å². The molecule has 23 heavy (non-hydrogen) atoms. The highest BCUT2D eigenvalue weighted by molar-refractivity contribution is 9.10. The third-order valence-electron chi connectivity index (χ3n) is 3.71. The van der Waals surface area contributed by atoms with Crippen LogP contribution < -0.4 is 5.32 Å². The number of rotatable bonds is 5. The molecule has 0 spiro atoms. The first-order valence-corrected chi connectivity index (χ1v) is 7.67. The van der Waals surface area contributed by atoms with Gasteiger partial charge in [0.1, 0.15) is 18.4 Å². The zero-order valence-electron chi connectivity index (χ0n) is 12.0. The van der Waals surface area contributed by atoms with Crippen LogP contribution in [0.2, 0.25) is 0 Å². The van der Waals surface area contributed by atoms with Gasteiger partial charge in [-0.05, 0) is 15.9 Å². The Morgan fingerprint density at radius 2 is 2.04 bits per heavy atom. The summed E-state index contributed by atoms with van der Waals surface area (Å²) in [6, 6.07) is 0.312. The van der Waals surface area contributed by atoms with Crippen molar-refractivity contribution in [1.82, 2.24) is 10.2 Å². The lowest BCUT2D eigenvalue weighted by atomic mass is 9.96. The topological polar surface area (TPSA) is 98.9 Å². The minimum Gasteiger partial charge on any atom is -0.506 e. The van der Waals surface area contributed by atoms with Crippen LogP contribution in [-0.4, -0.2) is 58.7 Å². The summed E-state index contributed by atoms with van der Waals surface area (Å²) in [7, 11) is 0. The van der Waals surface area contributed by atoms with Crippen LogP contribution in [0.4, 0.5) is 14.5 Å².